The number of benzene rings is 2. The van der Waals surface area contributed by atoms with E-state index in [1.54, 1.807) is 20.2 Å². The van der Waals surface area contributed by atoms with Gasteiger partial charge in [-0.25, -0.2) is 9.78 Å². The molecule has 1 aromatic heterocycles. The number of primary amides is 1. The van der Waals surface area contributed by atoms with E-state index in [0.717, 1.165) is 16.9 Å². The largest absolute Gasteiger partial charge is 0.495 e. The minimum atomic E-state index is -0.879. The van der Waals surface area contributed by atoms with Gasteiger partial charge in [-0.05, 0) is 19.1 Å². The van der Waals surface area contributed by atoms with Crippen LogP contribution in [0.3, 0.4) is 0 Å². The molecule has 3 N–H and O–H groups in total. The summed E-state index contributed by atoms with van der Waals surface area (Å²) in [6, 6.07) is 16.5. The van der Waals surface area contributed by atoms with Crippen molar-refractivity contribution < 1.29 is 14.3 Å². The molecule has 28 heavy (non-hydrogen) atoms. The Balaban J connectivity index is 2.07. The Labute approximate surface area is 166 Å². The fourth-order valence-corrected chi connectivity index (χ4v) is 3.61. The molecule has 0 fully saturated rings. The molecule has 0 aliphatic heterocycles. The number of carbonyl (C=O) groups excluding carboxylic acids is 2. The van der Waals surface area contributed by atoms with Crippen molar-refractivity contribution in [2.75, 3.05) is 7.11 Å². The van der Waals surface area contributed by atoms with Gasteiger partial charge in [0.2, 0.25) is 5.91 Å². The van der Waals surface area contributed by atoms with Crippen LogP contribution in [0.25, 0.3) is 16.9 Å². The first-order valence-electron chi connectivity index (χ1n) is 8.54. The molecule has 7 nitrogen and oxygen atoms in total. The van der Waals surface area contributed by atoms with E-state index < -0.39 is 17.2 Å². The Morgan fingerprint density at radius 3 is 2.50 bits per heavy atom. The van der Waals surface area contributed by atoms with Crippen molar-refractivity contribution in [2.45, 2.75) is 17.3 Å². The Kier molecular flexibility index (Phi) is 6.00. The summed E-state index contributed by atoms with van der Waals surface area (Å²) in [5, 5.41) is 2.12. The van der Waals surface area contributed by atoms with Gasteiger partial charge >= 0.3 is 6.03 Å². The van der Waals surface area contributed by atoms with E-state index in [1.807, 2.05) is 59.2 Å². The number of carbonyl (C=O) groups is 2. The summed E-state index contributed by atoms with van der Waals surface area (Å²) < 4.78 is 7.46. The second-order valence-electron chi connectivity index (χ2n) is 5.91. The van der Waals surface area contributed by atoms with Crippen LogP contribution in [0.5, 0.6) is 5.75 Å². The third-order valence-electron chi connectivity index (χ3n) is 4.02. The molecule has 0 unspecified atom stereocenters. The zero-order valence-electron chi connectivity index (χ0n) is 15.5. The van der Waals surface area contributed by atoms with E-state index >= 15 is 0 Å². The summed E-state index contributed by atoms with van der Waals surface area (Å²) in [5.74, 6) is 0.196. The molecule has 144 valence electrons. The highest BCUT2D eigenvalue weighted by molar-refractivity contribution is 8.00. The lowest BCUT2D eigenvalue weighted by atomic mass is 10.1. The third kappa shape index (κ3) is 4.17. The molecule has 3 aromatic rings. The lowest BCUT2D eigenvalue weighted by Gasteiger charge is -2.16. The van der Waals surface area contributed by atoms with Gasteiger partial charge in [-0.2, -0.15) is 0 Å². The number of methoxy groups -OCH3 is 1. The van der Waals surface area contributed by atoms with Crippen LogP contribution in [0.4, 0.5) is 4.79 Å². The summed E-state index contributed by atoms with van der Waals surface area (Å²) in [4.78, 5) is 27.6. The highest BCUT2D eigenvalue weighted by atomic mass is 32.2. The van der Waals surface area contributed by atoms with Gasteiger partial charge in [0, 0.05) is 5.56 Å². The number of rotatable bonds is 6. The monoisotopic (exact) mass is 396 g/mol. The Morgan fingerprint density at radius 2 is 1.82 bits per heavy atom. The minimum Gasteiger partial charge on any atom is -0.495 e. The maximum Gasteiger partial charge on any atom is 0.318 e. The van der Waals surface area contributed by atoms with Crippen molar-refractivity contribution in [3.8, 4) is 22.7 Å². The van der Waals surface area contributed by atoms with Crippen molar-refractivity contribution in [2.24, 2.45) is 5.73 Å². The molecule has 0 saturated heterocycles. The fourth-order valence-electron chi connectivity index (χ4n) is 2.71. The maximum absolute atomic E-state index is 12.1. The first-order valence-corrected chi connectivity index (χ1v) is 9.42. The number of aromatic nitrogens is 2. The summed E-state index contributed by atoms with van der Waals surface area (Å²) in [5.41, 5.74) is 7.67. The van der Waals surface area contributed by atoms with E-state index in [1.165, 1.54) is 11.8 Å². The molecule has 0 saturated carbocycles. The van der Waals surface area contributed by atoms with E-state index in [9.17, 15) is 9.59 Å². The number of nitrogens with one attached hydrogen (secondary N) is 1. The number of thioether (sulfide) groups is 1. The average Bonchev–Trinajstić information content (AvgIpc) is 3.11. The molecule has 0 aliphatic carbocycles. The number of nitrogens with two attached hydrogens (primary N) is 1. The molecule has 0 radical (unpaired) electrons. The molecule has 2 aromatic carbocycles. The van der Waals surface area contributed by atoms with Gasteiger partial charge in [0.25, 0.3) is 0 Å². The van der Waals surface area contributed by atoms with Gasteiger partial charge in [0.15, 0.2) is 5.16 Å². The zero-order chi connectivity index (χ0) is 20.1. The standard InChI is InChI=1S/C20H20N4O3S/c1-13(18(25)23-19(21)26)28-20-22-12-16(14-8-4-3-5-9-14)24(20)15-10-6-7-11-17(15)27-2/h3-13H,1-2H3,(H3,21,23,25,26)/t13-/m0/s1. The molecule has 3 rings (SSSR count). The van der Waals surface area contributed by atoms with Gasteiger partial charge in [0.05, 0.1) is 29.9 Å². The zero-order valence-corrected chi connectivity index (χ0v) is 16.3. The van der Waals surface area contributed by atoms with Gasteiger partial charge in [-0.3, -0.25) is 14.7 Å². The molecule has 1 heterocycles. The SMILES string of the molecule is COc1ccccc1-n1c(-c2ccccc2)cnc1S[C@@H](C)C(=O)NC(N)=O. The molecular weight excluding hydrogens is 376 g/mol. The number of ether oxygens (including phenoxy) is 1. The van der Waals surface area contributed by atoms with Crippen molar-refractivity contribution >= 4 is 23.7 Å². The first-order chi connectivity index (χ1) is 13.5. The second kappa shape index (κ2) is 8.62. The minimum absolute atomic E-state index is 0.478. The topological polar surface area (TPSA) is 99.2 Å². The predicted molar refractivity (Wildman–Crippen MR) is 109 cm³/mol. The van der Waals surface area contributed by atoms with Crippen LogP contribution in [0.2, 0.25) is 0 Å². The molecule has 0 bridgehead atoms. The van der Waals surface area contributed by atoms with Gasteiger partial charge in [-0.1, -0.05) is 54.2 Å². The summed E-state index contributed by atoms with van der Waals surface area (Å²) in [6.07, 6.45) is 1.75. The van der Waals surface area contributed by atoms with Gasteiger partial charge < -0.3 is 10.5 Å². The van der Waals surface area contributed by atoms with Crippen LogP contribution in [0.1, 0.15) is 6.92 Å². The molecule has 8 heteroatoms. The van der Waals surface area contributed by atoms with Gasteiger partial charge in [-0.15, -0.1) is 0 Å². The average molecular weight is 396 g/mol. The van der Waals surface area contributed by atoms with Crippen molar-refractivity contribution in [3.63, 3.8) is 0 Å². The van der Waals surface area contributed by atoms with Crippen LogP contribution < -0.4 is 15.8 Å². The number of amides is 3. The van der Waals surface area contributed by atoms with Crippen molar-refractivity contribution in [1.82, 2.24) is 14.9 Å². The lowest BCUT2D eigenvalue weighted by Crippen LogP contribution is -2.39. The summed E-state index contributed by atoms with van der Waals surface area (Å²) in [6.45, 7) is 1.69. The van der Waals surface area contributed by atoms with Crippen LogP contribution in [0, 0.1) is 0 Å². The number of hydrogen-bond acceptors (Lipinski definition) is 5. The second-order valence-corrected chi connectivity index (χ2v) is 7.22. The Bertz CT molecular complexity index is 988. The number of imide groups is 1. The first kappa shape index (κ1) is 19.5. The lowest BCUT2D eigenvalue weighted by molar-refractivity contribution is -0.119. The van der Waals surface area contributed by atoms with Crippen molar-refractivity contribution in [3.05, 3.63) is 60.8 Å². The van der Waals surface area contributed by atoms with E-state index in [2.05, 4.69) is 10.3 Å². The maximum atomic E-state index is 12.1. The number of nitrogens with zero attached hydrogens (tertiary/aromatic N) is 2. The van der Waals surface area contributed by atoms with E-state index in [4.69, 9.17) is 10.5 Å². The van der Waals surface area contributed by atoms with Crippen LogP contribution in [0.15, 0.2) is 66.0 Å². The summed E-state index contributed by atoms with van der Waals surface area (Å²) in [7, 11) is 1.60. The molecular formula is C20H20N4O3S. The molecule has 0 aliphatic rings. The van der Waals surface area contributed by atoms with Crippen LogP contribution in [-0.2, 0) is 4.79 Å². The van der Waals surface area contributed by atoms with Gasteiger partial charge in [0.1, 0.15) is 5.75 Å². The smallest absolute Gasteiger partial charge is 0.318 e. The van der Waals surface area contributed by atoms with Crippen molar-refractivity contribution in [1.29, 1.82) is 0 Å². The number of hydrogen-bond donors (Lipinski definition) is 2. The number of para-hydroxylation sites is 2. The molecule has 3 amide bonds. The molecule has 1 atom stereocenters. The van der Waals surface area contributed by atoms with E-state index in [-0.39, 0.29) is 0 Å². The quantitative estimate of drug-likeness (QED) is 0.623. The van der Waals surface area contributed by atoms with E-state index in [0.29, 0.717) is 10.9 Å². The highest BCUT2D eigenvalue weighted by Crippen LogP contribution is 2.35. The highest BCUT2D eigenvalue weighted by Gasteiger charge is 2.22. The predicted octanol–water partition coefficient (Wildman–Crippen LogP) is 3.22. The fraction of sp³-hybridized carbons (Fsp3) is 0.150. The normalized spacial score (nSPS) is 11.6. The Hall–Kier alpha value is -3.26. The number of imidazole rings is 1. The van der Waals surface area contributed by atoms with Crippen LogP contribution in [-0.4, -0.2) is 33.8 Å². The number of urea groups is 1. The van der Waals surface area contributed by atoms with Crippen LogP contribution >= 0.6 is 11.8 Å². The molecule has 0 spiro atoms. The third-order valence-corrected chi connectivity index (χ3v) is 5.09. The summed E-state index contributed by atoms with van der Waals surface area (Å²) >= 11 is 1.23. The Morgan fingerprint density at radius 1 is 1.14 bits per heavy atom.